The predicted octanol–water partition coefficient (Wildman–Crippen LogP) is 4.66. The molecule has 0 radical (unpaired) electrons. The van der Waals surface area contributed by atoms with Crippen molar-refractivity contribution < 1.29 is 19.2 Å². The minimum Gasteiger partial charge on any atom is -0.292 e. The Balaban J connectivity index is 1.52. The van der Waals surface area contributed by atoms with Gasteiger partial charge in [0.1, 0.15) is 6.54 Å². The second-order valence-corrected chi connectivity index (χ2v) is 10.0. The van der Waals surface area contributed by atoms with Crippen LogP contribution in [-0.4, -0.2) is 40.1 Å². The van der Waals surface area contributed by atoms with E-state index in [4.69, 9.17) is 23.2 Å². The fourth-order valence-electron chi connectivity index (χ4n) is 5.28. The minimum atomic E-state index is -0.669. The lowest BCUT2D eigenvalue weighted by atomic mass is 9.85. The number of ketones is 1. The molecule has 2 aromatic carbocycles. The number of hydrogen-bond donors (Lipinski definition) is 0. The highest BCUT2D eigenvalue weighted by atomic mass is 35.5. The van der Waals surface area contributed by atoms with Gasteiger partial charge >= 0.3 is 0 Å². The molecule has 8 heteroatoms. The molecule has 2 fully saturated rings. The molecule has 2 bridgehead atoms. The van der Waals surface area contributed by atoms with Crippen molar-refractivity contribution in [3.8, 4) is 0 Å². The van der Waals surface area contributed by atoms with E-state index >= 15 is 0 Å². The monoisotopic (exact) mass is 496 g/mol. The first-order valence-corrected chi connectivity index (χ1v) is 11.9. The zero-order valence-electron chi connectivity index (χ0n) is 18.6. The Morgan fingerprint density at radius 3 is 2.09 bits per heavy atom. The number of carbonyl (C=O) groups is 4. The summed E-state index contributed by atoms with van der Waals surface area (Å²) in [4.78, 5) is 53.7. The van der Waals surface area contributed by atoms with Gasteiger partial charge in [-0.3, -0.25) is 19.2 Å². The Morgan fingerprint density at radius 1 is 0.882 bits per heavy atom. The summed E-state index contributed by atoms with van der Waals surface area (Å²) >= 11 is 12.1. The Bertz CT molecular complexity index is 1260. The van der Waals surface area contributed by atoms with Crippen LogP contribution in [0.4, 0.5) is 0 Å². The van der Waals surface area contributed by atoms with E-state index in [2.05, 4.69) is 0 Å². The van der Waals surface area contributed by atoms with E-state index in [1.807, 2.05) is 32.1 Å². The van der Waals surface area contributed by atoms with Crippen LogP contribution < -0.4 is 0 Å². The number of hydrogen-bond acceptors (Lipinski definition) is 4. The largest absolute Gasteiger partial charge is 0.292 e. The van der Waals surface area contributed by atoms with Crippen LogP contribution in [0, 0.1) is 37.5 Å². The molecule has 1 saturated carbocycles. The number of benzene rings is 2. The Hall–Kier alpha value is -2.96. The molecule has 1 heterocycles. The number of allylic oxidation sites excluding steroid dienone is 2. The maximum Gasteiger partial charge on any atom is 0.273 e. The summed E-state index contributed by atoms with van der Waals surface area (Å²) in [7, 11) is 0. The number of fused-ring (bicyclic) bond motifs is 5. The van der Waals surface area contributed by atoms with Gasteiger partial charge in [-0.15, -0.1) is 0 Å². The first-order chi connectivity index (χ1) is 16.2. The zero-order chi connectivity index (χ0) is 24.3. The topological polar surface area (TPSA) is 74.8 Å². The number of rotatable bonds is 5. The van der Waals surface area contributed by atoms with E-state index < -0.39 is 36.1 Å². The number of imide groups is 1. The first kappa shape index (κ1) is 22.8. The average molecular weight is 497 g/mol. The van der Waals surface area contributed by atoms with Crippen molar-refractivity contribution in [2.75, 3.05) is 6.54 Å². The van der Waals surface area contributed by atoms with Gasteiger partial charge in [0, 0.05) is 11.1 Å². The highest BCUT2D eigenvalue weighted by Crippen LogP contribution is 2.52. The Morgan fingerprint density at radius 2 is 1.50 bits per heavy atom. The molecular weight excluding hydrogens is 475 g/mol. The van der Waals surface area contributed by atoms with Gasteiger partial charge in [0.15, 0.2) is 5.78 Å². The SMILES string of the molecule is Cc1ccc(C(=O)CN(C(=O)c2ccc(Cl)c(Cl)c2)N2C(=O)[C@@H]3[C@@H](C2=O)[C@H]2C=C[C@H]3C2)cc1C. The molecule has 3 amide bonds. The summed E-state index contributed by atoms with van der Waals surface area (Å²) < 4.78 is 0. The smallest absolute Gasteiger partial charge is 0.273 e. The molecule has 1 saturated heterocycles. The quantitative estimate of drug-likeness (QED) is 0.342. The third-order valence-electron chi connectivity index (χ3n) is 7.21. The summed E-state index contributed by atoms with van der Waals surface area (Å²) in [5, 5.41) is 2.29. The van der Waals surface area contributed by atoms with Gasteiger partial charge in [-0.05, 0) is 67.5 Å². The van der Waals surface area contributed by atoms with Gasteiger partial charge in [-0.1, -0.05) is 47.5 Å². The van der Waals surface area contributed by atoms with Gasteiger partial charge in [-0.2, -0.15) is 5.01 Å². The lowest BCUT2D eigenvalue weighted by molar-refractivity contribution is -0.154. The van der Waals surface area contributed by atoms with Crippen molar-refractivity contribution in [1.29, 1.82) is 0 Å². The van der Waals surface area contributed by atoms with Crippen molar-refractivity contribution in [1.82, 2.24) is 10.0 Å². The van der Waals surface area contributed by atoms with Crippen LogP contribution in [0.2, 0.25) is 10.0 Å². The molecule has 1 aliphatic heterocycles. The van der Waals surface area contributed by atoms with Gasteiger partial charge in [-0.25, -0.2) is 5.01 Å². The predicted molar refractivity (Wildman–Crippen MR) is 127 cm³/mol. The third-order valence-corrected chi connectivity index (χ3v) is 7.95. The fourth-order valence-corrected chi connectivity index (χ4v) is 5.58. The highest BCUT2D eigenvalue weighted by molar-refractivity contribution is 6.42. The Kier molecular flexibility index (Phi) is 5.61. The molecule has 2 aliphatic carbocycles. The maximum absolute atomic E-state index is 13.6. The summed E-state index contributed by atoms with van der Waals surface area (Å²) in [6, 6.07) is 9.55. The maximum atomic E-state index is 13.6. The number of halogens is 2. The number of carbonyl (C=O) groups excluding carboxylic acids is 4. The van der Waals surface area contributed by atoms with Crippen molar-refractivity contribution in [3.63, 3.8) is 0 Å². The van der Waals surface area contributed by atoms with E-state index in [0.29, 0.717) is 5.56 Å². The summed E-state index contributed by atoms with van der Waals surface area (Å²) in [5.74, 6) is -2.95. The number of aryl methyl sites for hydroxylation is 2. The molecule has 0 N–H and O–H groups in total. The molecule has 0 spiro atoms. The second-order valence-electron chi connectivity index (χ2n) is 9.20. The van der Waals surface area contributed by atoms with Crippen molar-refractivity contribution in [3.05, 3.63) is 80.8 Å². The number of amides is 3. The third kappa shape index (κ3) is 3.56. The number of hydrazine groups is 1. The fraction of sp³-hybridized carbons (Fsp3) is 0.308. The molecule has 6 nitrogen and oxygen atoms in total. The van der Waals surface area contributed by atoms with E-state index in [-0.39, 0.29) is 33.2 Å². The summed E-state index contributed by atoms with van der Waals surface area (Å²) in [5.41, 5.74) is 2.48. The zero-order valence-corrected chi connectivity index (χ0v) is 20.1. The van der Waals surface area contributed by atoms with Crippen LogP contribution >= 0.6 is 23.2 Å². The van der Waals surface area contributed by atoms with E-state index in [1.54, 1.807) is 12.1 Å². The van der Waals surface area contributed by atoms with E-state index in [9.17, 15) is 19.2 Å². The van der Waals surface area contributed by atoms with Crippen LogP contribution in [0.5, 0.6) is 0 Å². The molecule has 0 unspecified atom stereocenters. The average Bonchev–Trinajstić information content (AvgIpc) is 3.49. The van der Waals surface area contributed by atoms with Crippen LogP contribution in [0.15, 0.2) is 48.6 Å². The lowest BCUT2D eigenvalue weighted by Gasteiger charge is -2.31. The number of Topliss-reactive ketones (excluding diaryl/α,β-unsaturated/α-hetero) is 1. The molecular formula is C26H22Cl2N2O4. The van der Waals surface area contributed by atoms with Crippen LogP contribution in [0.1, 0.15) is 38.3 Å². The summed E-state index contributed by atoms with van der Waals surface area (Å²) in [6.07, 6.45) is 4.72. The summed E-state index contributed by atoms with van der Waals surface area (Å²) in [6.45, 7) is 3.37. The van der Waals surface area contributed by atoms with E-state index in [0.717, 1.165) is 27.6 Å². The van der Waals surface area contributed by atoms with Gasteiger partial charge in [0.2, 0.25) is 0 Å². The molecule has 2 aromatic rings. The highest BCUT2D eigenvalue weighted by Gasteiger charge is 2.61. The van der Waals surface area contributed by atoms with Gasteiger partial charge < -0.3 is 0 Å². The standard InChI is InChI=1S/C26H22Cl2N2O4/c1-13-3-4-15(9-14(13)2)21(31)12-29(24(32)18-7-8-19(27)20(28)11-18)30-25(33)22-16-5-6-17(10-16)23(22)26(30)34/h3-9,11,16-17,22-23H,10,12H2,1-2H3/t16-,17-,22-,23-/m0/s1. The van der Waals surface area contributed by atoms with Crippen LogP contribution in [-0.2, 0) is 9.59 Å². The van der Waals surface area contributed by atoms with Crippen LogP contribution in [0.3, 0.4) is 0 Å². The van der Waals surface area contributed by atoms with Crippen LogP contribution in [0.25, 0.3) is 0 Å². The lowest BCUT2D eigenvalue weighted by Crippen LogP contribution is -2.52. The molecule has 5 rings (SSSR count). The van der Waals surface area contributed by atoms with Crippen molar-refractivity contribution in [2.45, 2.75) is 20.3 Å². The van der Waals surface area contributed by atoms with Crippen molar-refractivity contribution >= 4 is 46.7 Å². The molecule has 4 atom stereocenters. The molecule has 174 valence electrons. The first-order valence-electron chi connectivity index (χ1n) is 11.1. The van der Waals surface area contributed by atoms with Crippen molar-refractivity contribution in [2.24, 2.45) is 23.7 Å². The normalized spacial score (nSPS) is 24.6. The second kappa shape index (κ2) is 8.36. The van der Waals surface area contributed by atoms with Gasteiger partial charge in [0.05, 0.1) is 21.9 Å². The number of nitrogens with zero attached hydrogens (tertiary/aromatic N) is 2. The van der Waals surface area contributed by atoms with Gasteiger partial charge in [0.25, 0.3) is 17.7 Å². The van der Waals surface area contributed by atoms with E-state index in [1.165, 1.54) is 18.2 Å². The molecule has 34 heavy (non-hydrogen) atoms. The minimum absolute atomic E-state index is 0.0196. The molecule has 3 aliphatic rings. The molecule has 0 aromatic heterocycles. The Labute approximate surface area is 207 Å².